The van der Waals surface area contributed by atoms with E-state index in [-0.39, 0.29) is 19.5 Å². The summed E-state index contributed by atoms with van der Waals surface area (Å²) in [4.78, 5) is 158. The molecule has 0 radical (unpaired) electrons. The lowest BCUT2D eigenvalue weighted by Gasteiger charge is -2.33. The lowest BCUT2D eigenvalue weighted by molar-refractivity contribution is -0.144. The molecule has 2 aromatic rings. The van der Waals surface area contributed by atoms with Gasteiger partial charge < -0.3 is 57.2 Å². The van der Waals surface area contributed by atoms with E-state index in [1.54, 1.807) is 38.1 Å². The van der Waals surface area contributed by atoms with Gasteiger partial charge in [0.05, 0.1) is 18.9 Å². The highest BCUT2D eigenvalue weighted by Gasteiger charge is 2.41. The number of amides is 9. The van der Waals surface area contributed by atoms with Gasteiger partial charge in [-0.05, 0) is 67.7 Å². The monoisotopic (exact) mass is 1050 g/mol. The summed E-state index contributed by atoms with van der Waals surface area (Å²) < 4.78 is 0. The third kappa shape index (κ3) is 18.8. The number of hydrogen-bond acceptors (Lipinski definition) is 13. The summed E-state index contributed by atoms with van der Waals surface area (Å²) >= 11 is 0. The molecule has 1 saturated heterocycles. The quantitative estimate of drug-likeness (QED) is 0.0510. The number of carbonyl (C=O) groups excluding carboxylic acids is 9. The molecule has 75 heavy (non-hydrogen) atoms. The molecule has 1 heterocycles. The molecular formula is C50H69N9O16. The molecule has 410 valence electrons. The molecule has 3 rings (SSSR count). The van der Waals surface area contributed by atoms with Crippen LogP contribution in [-0.4, -0.2) is 163 Å². The second kappa shape index (κ2) is 29.1. The molecule has 25 nitrogen and oxygen atoms in total. The van der Waals surface area contributed by atoms with Crippen molar-refractivity contribution in [1.82, 2.24) is 47.2 Å². The average molecular weight is 1050 g/mol. The van der Waals surface area contributed by atoms with Crippen molar-refractivity contribution in [3.05, 3.63) is 60.2 Å². The van der Waals surface area contributed by atoms with Crippen LogP contribution in [0.5, 0.6) is 0 Å². The second-order valence-corrected chi connectivity index (χ2v) is 18.8. The zero-order chi connectivity index (χ0) is 56.3. The van der Waals surface area contributed by atoms with Gasteiger partial charge in [0, 0.05) is 32.0 Å². The number of likely N-dealkylation sites (tertiary alicyclic amines) is 1. The lowest BCUT2D eigenvalue weighted by atomic mass is 9.98. The number of aliphatic hydroxyl groups is 1. The molecule has 25 heteroatoms. The van der Waals surface area contributed by atoms with E-state index in [4.69, 9.17) is 0 Å². The topological polar surface area (TPSA) is 376 Å². The number of benzene rings is 2. The minimum absolute atomic E-state index is 0.133. The molecule has 0 saturated carbocycles. The number of carbonyl (C=O) groups is 12. The largest absolute Gasteiger partial charge is 0.481 e. The van der Waals surface area contributed by atoms with E-state index in [1.165, 1.54) is 23.8 Å². The number of rotatable bonds is 27. The molecule has 0 unspecified atom stereocenters. The number of carboxylic acid groups (broad SMARTS) is 3. The average Bonchev–Trinajstić information content (AvgIpc) is 3.84. The van der Waals surface area contributed by atoms with Crippen LogP contribution >= 0.6 is 0 Å². The Morgan fingerprint density at radius 3 is 1.61 bits per heavy atom. The lowest BCUT2D eigenvalue weighted by Crippen LogP contribution is -2.62. The van der Waals surface area contributed by atoms with Crippen molar-refractivity contribution in [1.29, 1.82) is 0 Å². The van der Waals surface area contributed by atoms with Crippen LogP contribution in [-0.2, 0) is 52.7 Å². The number of hydrogen-bond donors (Lipinski definition) is 11. The van der Waals surface area contributed by atoms with Crippen molar-refractivity contribution in [2.45, 2.75) is 142 Å². The fourth-order valence-corrected chi connectivity index (χ4v) is 8.00. The maximum Gasteiger partial charge on any atom is 0.305 e. The standard InChI is InChI=1S/C50H69N9O16/c1-8-22-59(49(74)32-18-16-31(17-19-32)30-13-10-9-11-14-30)57-46(71)36-15-12-23-58(36)50(75)41(27(4)5)55-47(72)40(26(2)3)54-45(70)35(25-39(66)67)53-43(68)33(20-21-37(62)63)52-48(73)42(28(6)60)56-44(69)34(24-38(64)65)51-29(7)61/h9-11,13-14,16-19,26-28,33-36,40-42,60H,8,12,15,20-25H2,1-7H3,(H,51,61)(H,52,73)(H,53,68)(H,54,70)(H,55,72)(H,56,69)(H,57,71)(H,62,63)(H,64,65)(H,66,67)/t28-,33+,34+,35+,36+,40+,41+,42+/m1/s1. The highest BCUT2D eigenvalue weighted by Crippen LogP contribution is 2.23. The van der Waals surface area contributed by atoms with Crippen molar-refractivity contribution < 1.29 is 78.0 Å². The molecule has 9 amide bonds. The van der Waals surface area contributed by atoms with Gasteiger partial charge in [0.15, 0.2) is 0 Å². The van der Waals surface area contributed by atoms with Gasteiger partial charge in [-0.1, -0.05) is 77.1 Å². The van der Waals surface area contributed by atoms with Gasteiger partial charge in [-0.2, -0.15) is 0 Å². The van der Waals surface area contributed by atoms with Crippen LogP contribution in [0.2, 0.25) is 0 Å². The molecule has 0 spiro atoms. The van der Waals surface area contributed by atoms with Crippen LogP contribution in [0.25, 0.3) is 11.1 Å². The maximum absolute atomic E-state index is 14.3. The Kier molecular flexibility index (Phi) is 23.8. The number of carboxylic acids is 3. The van der Waals surface area contributed by atoms with E-state index in [1.807, 2.05) is 37.3 Å². The molecule has 1 aliphatic heterocycles. The fraction of sp³-hybridized carbons (Fsp3) is 0.520. The highest BCUT2D eigenvalue weighted by molar-refractivity contribution is 6.00. The molecule has 0 aliphatic carbocycles. The SMILES string of the molecule is CCCN(NC(=O)[C@@H]1CCCN1C(=O)[C@@H](NC(=O)[C@@H](NC(=O)[C@H](CC(=O)O)NC(=O)[C@H](CCC(=O)O)NC(=O)[C@@H](NC(=O)[C@H](CC(=O)O)NC(C)=O)[C@@H](C)O)C(C)C)C(C)C)C(=O)c1ccc(-c2ccccc2)cc1. The first-order chi connectivity index (χ1) is 35.2. The fourth-order valence-electron chi connectivity index (χ4n) is 8.00. The van der Waals surface area contributed by atoms with Crippen LogP contribution in [0, 0.1) is 11.8 Å². The number of nitrogens with zero attached hydrogens (tertiary/aromatic N) is 2. The normalized spacial score (nSPS) is 15.9. The Balaban J connectivity index is 1.79. The first-order valence-electron chi connectivity index (χ1n) is 24.5. The van der Waals surface area contributed by atoms with Crippen LogP contribution in [0.4, 0.5) is 0 Å². The summed E-state index contributed by atoms with van der Waals surface area (Å²) in [5, 5.41) is 53.5. The third-order valence-electron chi connectivity index (χ3n) is 11.9. The summed E-state index contributed by atoms with van der Waals surface area (Å²) in [6.07, 6.45) is -4.07. The van der Waals surface area contributed by atoms with Crippen molar-refractivity contribution in [3.63, 3.8) is 0 Å². The summed E-state index contributed by atoms with van der Waals surface area (Å²) in [6.45, 7) is 10.5. The second-order valence-electron chi connectivity index (χ2n) is 18.8. The number of aliphatic carboxylic acids is 3. The van der Waals surface area contributed by atoms with E-state index in [9.17, 15) is 78.0 Å². The van der Waals surface area contributed by atoms with Crippen LogP contribution in [0.1, 0.15) is 104 Å². The minimum atomic E-state index is -1.98. The van der Waals surface area contributed by atoms with Gasteiger partial charge in [0.1, 0.15) is 42.3 Å². The van der Waals surface area contributed by atoms with Crippen molar-refractivity contribution in [2.75, 3.05) is 13.1 Å². The molecule has 11 N–H and O–H groups in total. The summed E-state index contributed by atoms with van der Waals surface area (Å²) in [7, 11) is 0. The predicted molar refractivity (Wildman–Crippen MR) is 266 cm³/mol. The van der Waals surface area contributed by atoms with Gasteiger partial charge in [0.2, 0.25) is 41.4 Å². The van der Waals surface area contributed by atoms with Gasteiger partial charge in [0.25, 0.3) is 11.8 Å². The summed E-state index contributed by atoms with van der Waals surface area (Å²) in [5.74, 6) is -14.4. The van der Waals surface area contributed by atoms with Crippen LogP contribution in [0.15, 0.2) is 54.6 Å². The Morgan fingerprint density at radius 2 is 1.11 bits per heavy atom. The molecule has 0 bridgehead atoms. The van der Waals surface area contributed by atoms with E-state index in [2.05, 4.69) is 37.3 Å². The highest BCUT2D eigenvalue weighted by atomic mass is 16.4. The van der Waals surface area contributed by atoms with Crippen LogP contribution < -0.4 is 37.3 Å². The Bertz CT molecular complexity index is 2380. The van der Waals surface area contributed by atoms with Crippen molar-refractivity contribution >= 4 is 71.1 Å². The van der Waals surface area contributed by atoms with E-state index in [0.717, 1.165) is 25.0 Å². The van der Waals surface area contributed by atoms with Gasteiger partial charge in [-0.25, -0.2) is 5.01 Å². The first kappa shape index (κ1) is 61.3. The summed E-state index contributed by atoms with van der Waals surface area (Å²) in [5.41, 5.74) is 4.86. The van der Waals surface area contributed by atoms with Gasteiger partial charge in [-0.3, -0.25) is 63.0 Å². The van der Waals surface area contributed by atoms with Crippen LogP contribution in [0.3, 0.4) is 0 Å². The van der Waals surface area contributed by atoms with Gasteiger partial charge in [-0.15, -0.1) is 0 Å². The van der Waals surface area contributed by atoms with Crippen molar-refractivity contribution in [2.24, 2.45) is 11.8 Å². The molecule has 8 atom stereocenters. The van der Waals surface area contributed by atoms with E-state index >= 15 is 0 Å². The Hall–Kier alpha value is -7.96. The smallest absolute Gasteiger partial charge is 0.305 e. The number of hydrazine groups is 1. The van der Waals surface area contributed by atoms with Crippen molar-refractivity contribution in [3.8, 4) is 11.1 Å². The zero-order valence-corrected chi connectivity index (χ0v) is 42.9. The molecular weight excluding hydrogens is 983 g/mol. The summed E-state index contributed by atoms with van der Waals surface area (Å²) in [6, 6.07) is 5.20. The number of aliphatic hydroxyl groups excluding tert-OH is 1. The number of nitrogens with one attached hydrogen (secondary N) is 7. The Labute approximate surface area is 433 Å². The maximum atomic E-state index is 14.3. The zero-order valence-electron chi connectivity index (χ0n) is 42.9. The molecule has 0 aromatic heterocycles. The molecule has 1 fully saturated rings. The van der Waals surface area contributed by atoms with E-state index in [0.29, 0.717) is 18.4 Å². The molecule has 2 aromatic carbocycles. The first-order valence-corrected chi connectivity index (χ1v) is 24.5. The molecule has 1 aliphatic rings. The third-order valence-corrected chi connectivity index (χ3v) is 11.9. The predicted octanol–water partition coefficient (Wildman–Crippen LogP) is -0.336. The Morgan fingerprint density at radius 1 is 0.613 bits per heavy atom. The van der Waals surface area contributed by atoms with E-state index < -0.39 is 157 Å². The minimum Gasteiger partial charge on any atom is -0.481 e. The van der Waals surface area contributed by atoms with Gasteiger partial charge >= 0.3 is 17.9 Å².